The molecule has 0 radical (unpaired) electrons. The molecule has 1 atom stereocenters. The summed E-state index contributed by atoms with van der Waals surface area (Å²) < 4.78 is 8.02. The minimum Gasteiger partial charge on any atom is -0.474 e. The third-order valence-electron chi connectivity index (χ3n) is 4.06. The Morgan fingerprint density at radius 3 is 2.96 bits per heavy atom. The van der Waals surface area contributed by atoms with Gasteiger partial charge in [0, 0.05) is 19.3 Å². The third-order valence-corrected chi connectivity index (χ3v) is 4.06. The molecule has 1 aliphatic rings. The van der Waals surface area contributed by atoms with Gasteiger partial charge in [-0.25, -0.2) is 4.98 Å². The molecule has 1 unspecified atom stereocenters. The Kier molecular flexibility index (Phi) is 3.92. The van der Waals surface area contributed by atoms with Crippen molar-refractivity contribution in [1.82, 2.24) is 19.4 Å². The van der Waals surface area contributed by atoms with Crippen molar-refractivity contribution in [3.8, 4) is 0 Å². The lowest BCUT2D eigenvalue weighted by Gasteiger charge is -2.38. The van der Waals surface area contributed by atoms with Gasteiger partial charge in [-0.2, -0.15) is 0 Å². The second-order valence-corrected chi connectivity index (χ2v) is 7.05. The normalized spacial score (nSPS) is 19.1. The molecule has 124 valence electrons. The van der Waals surface area contributed by atoms with Gasteiger partial charge in [0.2, 0.25) is 5.95 Å². The Hall–Kier alpha value is -2.24. The first-order valence-electron chi connectivity index (χ1n) is 8.05. The lowest BCUT2D eigenvalue weighted by molar-refractivity contribution is -0.00655. The molecule has 3 rings (SSSR count). The van der Waals surface area contributed by atoms with Crippen molar-refractivity contribution in [1.29, 1.82) is 0 Å². The molecular formula is C17H25N5O. The number of imidazole rings is 1. The van der Waals surface area contributed by atoms with Crippen LogP contribution in [0.2, 0.25) is 0 Å². The highest BCUT2D eigenvalue weighted by atomic mass is 16.5. The zero-order valence-corrected chi connectivity index (χ0v) is 14.1. The third kappa shape index (κ3) is 3.25. The number of nitrogens with two attached hydrogens (primary N) is 1. The first kappa shape index (κ1) is 15.6. The van der Waals surface area contributed by atoms with E-state index in [1.54, 1.807) is 6.20 Å². The van der Waals surface area contributed by atoms with E-state index in [1.807, 2.05) is 33.0 Å². The molecule has 1 saturated heterocycles. The van der Waals surface area contributed by atoms with Crippen LogP contribution in [0.5, 0.6) is 0 Å². The Bertz CT molecular complexity index is 715. The first-order valence-corrected chi connectivity index (χ1v) is 8.05. The van der Waals surface area contributed by atoms with Crippen LogP contribution in [-0.4, -0.2) is 38.1 Å². The van der Waals surface area contributed by atoms with Crippen molar-refractivity contribution in [2.75, 3.05) is 18.8 Å². The number of aromatic nitrogens is 3. The molecule has 0 saturated carbocycles. The lowest BCUT2D eigenvalue weighted by Crippen LogP contribution is -2.38. The summed E-state index contributed by atoms with van der Waals surface area (Å²) in [6.45, 7) is 12.0. The molecule has 0 aromatic carbocycles. The molecule has 0 aliphatic carbocycles. The van der Waals surface area contributed by atoms with E-state index in [2.05, 4.69) is 26.0 Å². The van der Waals surface area contributed by atoms with Crippen LogP contribution >= 0.6 is 0 Å². The second-order valence-electron chi connectivity index (χ2n) is 7.05. The van der Waals surface area contributed by atoms with Gasteiger partial charge in [0.25, 0.3) is 0 Å². The van der Waals surface area contributed by atoms with E-state index in [-0.39, 0.29) is 11.6 Å². The standard InChI is InChI=1S/C17H25N5O/c1-12(23-17(2,3)4)21-9-5-6-13(11-21)22-15-10-19-8-7-14(15)20-16(22)18/h7-8,10,13H,1,5-6,9,11H2,2-4H3,(H2,18,20). The summed E-state index contributed by atoms with van der Waals surface area (Å²) in [5.74, 6) is 1.27. The summed E-state index contributed by atoms with van der Waals surface area (Å²) in [7, 11) is 0. The number of pyridine rings is 1. The molecule has 23 heavy (non-hydrogen) atoms. The summed E-state index contributed by atoms with van der Waals surface area (Å²) in [5.41, 5.74) is 7.79. The van der Waals surface area contributed by atoms with Crippen LogP contribution in [0.3, 0.4) is 0 Å². The van der Waals surface area contributed by atoms with Gasteiger partial charge in [-0.1, -0.05) is 0 Å². The molecule has 6 heteroatoms. The van der Waals surface area contributed by atoms with Gasteiger partial charge in [0.15, 0.2) is 5.88 Å². The number of fused-ring (bicyclic) bond motifs is 1. The summed E-state index contributed by atoms with van der Waals surface area (Å²) in [6.07, 6.45) is 5.70. The molecule has 2 aromatic rings. The Balaban J connectivity index is 1.83. The zero-order valence-electron chi connectivity index (χ0n) is 14.1. The minimum absolute atomic E-state index is 0.241. The van der Waals surface area contributed by atoms with E-state index >= 15 is 0 Å². The van der Waals surface area contributed by atoms with Crippen LogP contribution < -0.4 is 5.73 Å². The molecule has 0 amide bonds. The number of piperidine rings is 1. The van der Waals surface area contributed by atoms with Crippen LogP contribution in [0.25, 0.3) is 11.0 Å². The van der Waals surface area contributed by atoms with Crippen molar-refractivity contribution in [2.45, 2.75) is 45.3 Å². The SMILES string of the molecule is C=C(OC(C)(C)C)N1CCCC(n2c(N)nc3ccncc32)C1. The monoisotopic (exact) mass is 315 g/mol. The van der Waals surface area contributed by atoms with Gasteiger partial charge >= 0.3 is 0 Å². The molecule has 1 fully saturated rings. The summed E-state index contributed by atoms with van der Waals surface area (Å²) in [5, 5.41) is 0. The predicted molar refractivity (Wildman–Crippen MR) is 91.8 cm³/mol. The van der Waals surface area contributed by atoms with E-state index in [0.29, 0.717) is 5.95 Å². The number of ether oxygens (including phenoxy) is 1. The van der Waals surface area contributed by atoms with E-state index in [1.165, 1.54) is 0 Å². The Morgan fingerprint density at radius 2 is 2.22 bits per heavy atom. The van der Waals surface area contributed by atoms with E-state index in [0.717, 1.165) is 42.8 Å². The maximum atomic E-state index is 6.16. The fourth-order valence-corrected chi connectivity index (χ4v) is 3.15. The van der Waals surface area contributed by atoms with Gasteiger partial charge in [0.1, 0.15) is 5.60 Å². The van der Waals surface area contributed by atoms with Crippen molar-refractivity contribution in [2.24, 2.45) is 0 Å². The molecular weight excluding hydrogens is 290 g/mol. The summed E-state index contributed by atoms with van der Waals surface area (Å²) in [6, 6.07) is 2.14. The number of nitrogen functional groups attached to an aromatic ring is 1. The van der Waals surface area contributed by atoms with Crippen molar-refractivity contribution >= 4 is 17.0 Å². The fourth-order valence-electron chi connectivity index (χ4n) is 3.15. The van der Waals surface area contributed by atoms with Gasteiger partial charge in [0.05, 0.1) is 23.3 Å². The Morgan fingerprint density at radius 1 is 1.43 bits per heavy atom. The molecule has 1 aliphatic heterocycles. The maximum absolute atomic E-state index is 6.16. The quantitative estimate of drug-likeness (QED) is 0.882. The van der Waals surface area contributed by atoms with Crippen molar-refractivity contribution < 1.29 is 4.74 Å². The van der Waals surface area contributed by atoms with Crippen LogP contribution in [0.1, 0.15) is 39.7 Å². The highest BCUT2D eigenvalue weighted by molar-refractivity contribution is 5.77. The fraction of sp³-hybridized carbons (Fsp3) is 0.529. The van der Waals surface area contributed by atoms with Crippen LogP contribution in [0.4, 0.5) is 5.95 Å². The van der Waals surface area contributed by atoms with Crippen LogP contribution in [-0.2, 0) is 4.74 Å². The minimum atomic E-state index is -0.241. The molecule has 0 spiro atoms. The number of likely N-dealkylation sites (tertiary alicyclic amines) is 1. The average molecular weight is 315 g/mol. The highest BCUT2D eigenvalue weighted by Gasteiger charge is 2.27. The Labute approximate surface area is 137 Å². The average Bonchev–Trinajstić information content (AvgIpc) is 2.81. The lowest BCUT2D eigenvalue weighted by atomic mass is 10.1. The maximum Gasteiger partial charge on any atom is 0.201 e. The topological polar surface area (TPSA) is 69.2 Å². The summed E-state index contributed by atoms with van der Waals surface area (Å²) >= 11 is 0. The molecule has 2 N–H and O–H groups in total. The van der Waals surface area contributed by atoms with Crippen molar-refractivity contribution in [3.05, 3.63) is 30.9 Å². The highest BCUT2D eigenvalue weighted by Crippen LogP contribution is 2.30. The largest absolute Gasteiger partial charge is 0.474 e. The molecule has 0 bridgehead atoms. The molecule has 2 aromatic heterocycles. The number of hydrogen-bond donors (Lipinski definition) is 1. The van der Waals surface area contributed by atoms with E-state index in [4.69, 9.17) is 10.5 Å². The van der Waals surface area contributed by atoms with Gasteiger partial charge in [-0.15, -0.1) is 0 Å². The van der Waals surface area contributed by atoms with Gasteiger partial charge in [-0.05, 0) is 46.3 Å². The van der Waals surface area contributed by atoms with Gasteiger partial charge < -0.3 is 19.9 Å². The molecule has 6 nitrogen and oxygen atoms in total. The number of hydrogen-bond acceptors (Lipinski definition) is 5. The van der Waals surface area contributed by atoms with Crippen LogP contribution in [0.15, 0.2) is 30.9 Å². The summed E-state index contributed by atoms with van der Waals surface area (Å²) in [4.78, 5) is 10.9. The van der Waals surface area contributed by atoms with E-state index < -0.39 is 0 Å². The number of nitrogens with zero attached hydrogens (tertiary/aromatic N) is 4. The zero-order chi connectivity index (χ0) is 16.6. The predicted octanol–water partition coefficient (Wildman–Crippen LogP) is 2.94. The first-order chi connectivity index (χ1) is 10.8. The second kappa shape index (κ2) is 5.76. The number of anilines is 1. The smallest absolute Gasteiger partial charge is 0.201 e. The van der Waals surface area contributed by atoms with Gasteiger partial charge in [-0.3, -0.25) is 4.98 Å². The number of rotatable bonds is 3. The van der Waals surface area contributed by atoms with Crippen LogP contribution in [0, 0.1) is 0 Å². The van der Waals surface area contributed by atoms with E-state index in [9.17, 15) is 0 Å². The van der Waals surface area contributed by atoms with Crippen molar-refractivity contribution in [3.63, 3.8) is 0 Å². The molecule has 3 heterocycles.